The minimum atomic E-state index is -1.32. The largest absolute Gasteiger partial charge is 0.497 e. The van der Waals surface area contributed by atoms with Crippen molar-refractivity contribution in [2.45, 2.75) is 88.9 Å². The van der Waals surface area contributed by atoms with Gasteiger partial charge in [-0.3, -0.25) is 10.1 Å². The molecule has 2 aromatic rings. The summed E-state index contributed by atoms with van der Waals surface area (Å²) in [4.78, 5) is 35.2. The molecule has 0 bridgehead atoms. The number of nitrogens with one attached hydrogen (secondary N) is 1. The monoisotopic (exact) mass is 789 g/mol. The highest BCUT2D eigenvalue weighted by Gasteiger charge is 2.65. The average Bonchev–Trinajstić information content (AvgIpc) is 4.07. The molecule has 2 aromatic carbocycles. The zero-order valence-corrected chi connectivity index (χ0v) is 33.7. The van der Waals surface area contributed by atoms with Crippen molar-refractivity contribution in [2.24, 2.45) is 28.8 Å². The van der Waals surface area contributed by atoms with Gasteiger partial charge in [-0.15, -0.1) is 6.58 Å². The summed E-state index contributed by atoms with van der Waals surface area (Å²) in [6, 6.07) is 9.95. The van der Waals surface area contributed by atoms with Crippen molar-refractivity contribution >= 4 is 23.4 Å². The van der Waals surface area contributed by atoms with Gasteiger partial charge in [0.1, 0.15) is 36.1 Å². The Morgan fingerprint density at radius 1 is 1.02 bits per heavy atom. The van der Waals surface area contributed by atoms with E-state index in [1.54, 1.807) is 37.5 Å². The number of carbonyl (C=O) groups is 2. The number of oxime groups is 1. The zero-order valence-electron chi connectivity index (χ0n) is 33.7. The van der Waals surface area contributed by atoms with Gasteiger partial charge in [0.15, 0.2) is 0 Å². The van der Waals surface area contributed by atoms with Crippen LogP contribution in [0.25, 0.3) is 0 Å². The third-order valence-corrected chi connectivity index (χ3v) is 11.8. The fraction of sp³-hybridized carbons (Fsp3) is 0.568. The third-order valence-electron chi connectivity index (χ3n) is 11.8. The van der Waals surface area contributed by atoms with Crippen molar-refractivity contribution in [3.8, 4) is 23.0 Å². The third kappa shape index (κ3) is 8.95. The number of aliphatic hydroxyl groups is 2. The molecule has 6 rings (SSSR count). The molecule has 0 radical (unpaired) electrons. The highest BCUT2D eigenvalue weighted by atomic mass is 16.7. The predicted molar refractivity (Wildman–Crippen MR) is 216 cm³/mol. The summed E-state index contributed by atoms with van der Waals surface area (Å²) in [5.74, 6) is 0.0676. The van der Waals surface area contributed by atoms with Crippen LogP contribution in [0.2, 0.25) is 0 Å². The van der Waals surface area contributed by atoms with Crippen LogP contribution >= 0.6 is 0 Å². The van der Waals surface area contributed by atoms with Gasteiger partial charge < -0.3 is 43.6 Å². The molecule has 6 atom stereocenters. The molecule has 3 aliphatic carbocycles. The van der Waals surface area contributed by atoms with E-state index in [0.717, 1.165) is 61.8 Å². The van der Waals surface area contributed by atoms with Gasteiger partial charge >= 0.3 is 6.09 Å². The summed E-state index contributed by atoms with van der Waals surface area (Å²) in [7, 11) is 4.60. The Kier molecular flexibility index (Phi) is 14.2. The van der Waals surface area contributed by atoms with Gasteiger partial charge in [0.05, 0.1) is 38.1 Å². The summed E-state index contributed by atoms with van der Waals surface area (Å²) >= 11 is 0. The first kappa shape index (κ1) is 42.0. The van der Waals surface area contributed by atoms with Gasteiger partial charge in [-0.2, -0.15) is 0 Å². The molecule has 4 aliphatic rings. The molecule has 2 saturated carbocycles. The Labute approximate surface area is 336 Å². The maximum atomic E-state index is 14.2. The lowest BCUT2D eigenvalue weighted by atomic mass is 9.55. The number of amides is 2. The second kappa shape index (κ2) is 19.2. The number of hydrogen-bond acceptors (Lipinski definition) is 11. The average molecular weight is 790 g/mol. The Hall–Kier alpha value is -4.59. The van der Waals surface area contributed by atoms with Crippen molar-refractivity contribution in [1.29, 1.82) is 0 Å². The lowest BCUT2D eigenvalue weighted by molar-refractivity contribution is -0.257. The highest BCUT2D eigenvalue weighted by molar-refractivity contribution is 6.03. The molecule has 2 amide bonds. The second-order valence-corrected chi connectivity index (χ2v) is 15.3. The van der Waals surface area contributed by atoms with E-state index in [0.29, 0.717) is 54.5 Å². The first-order chi connectivity index (χ1) is 27.8. The quantitative estimate of drug-likeness (QED) is 0.0711. The van der Waals surface area contributed by atoms with Crippen LogP contribution in [0, 0.1) is 23.7 Å². The van der Waals surface area contributed by atoms with Crippen LogP contribution < -0.4 is 24.3 Å². The number of ether oxygens (including phenoxy) is 5. The highest BCUT2D eigenvalue weighted by Crippen LogP contribution is 2.62. The molecular formula is C44H59N3O10. The normalized spacial score (nSPS) is 25.3. The number of aliphatic hydroxyl groups excluding tert-OH is 2. The first-order valence-corrected chi connectivity index (χ1v) is 20.4. The van der Waals surface area contributed by atoms with E-state index in [9.17, 15) is 19.8 Å². The van der Waals surface area contributed by atoms with E-state index in [-0.39, 0.29) is 49.4 Å². The van der Waals surface area contributed by atoms with Crippen molar-refractivity contribution in [3.63, 3.8) is 0 Å². The molecule has 6 unspecified atom stereocenters. The van der Waals surface area contributed by atoms with Crippen molar-refractivity contribution < 1.29 is 48.3 Å². The number of hydrogen-bond donors (Lipinski definition) is 3. The summed E-state index contributed by atoms with van der Waals surface area (Å²) in [6.45, 7) is 6.95. The molecule has 0 aromatic heterocycles. The maximum absolute atomic E-state index is 14.2. The van der Waals surface area contributed by atoms with Crippen molar-refractivity contribution in [2.75, 3.05) is 53.0 Å². The van der Waals surface area contributed by atoms with Crippen LogP contribution in [0.1, 0.15) is 82.6 Å². The number of unbranched alkanes of at least 4 members (excludes halogenated alkanes) is 2. The van der Waals surface area contributed by atoms with Crippen LogP contribution in [0.5, 0.6) is 23.0 Å². The van der Waals surface area contributed by atoms with E-state index < -0.39 is 23.8 Å². The number of nitrogens with zero attached hydrogens (tertiary/aromatic N) is 2. The molecule has 2 fully saturated rings. The number of benzene rings is 2. The van der Waals surface area contributed by atoms with E-state index in [2.05, 4.69) is 30.1 Å². The van der Waals surface area contributed by atoms with Crippen LogP contribution in [-0.4, -0.2) is 92.3 Å². The summed E-state index contributed by atoms with van der Waals surface area (Å²) in [6.07, 6.45) is 10.7. The summed E-state index contributed by atoms with van der Waals surface area (Å²) in [5, 5.41) is 27.1. The smallest absolute Gasteiger partial charge is 0.417 e. The molecule has 57 heavy (non-hydrogen) atoms. The van der Waals surface area contributed by atoms with Crippen molar-refractivity contribution in [1.82, 2.24) is 4.90 Å². The Balaban J connectivity index is 1.50. The zero-order chi connectivity index (χ0) is 40.5. The van der Waals surface area contributed by atoms with Crippen LogP contribution in [0.3, 0.4) is 0 Å². The van der Waals surface area contributed by atoms with E-state index in [1.165, 1.54) is 14.2 Å². The lowest BCUT2D eigenvalue weighted by Crippen LogP contribution is -2.70. The number of fused-ring (bicyclic) bond motifs is 2. The topological polar surface area (TPSA) is 158 Å². The fourth-order valence-corrected chi connectivity index (χ4v) is 9.19. The maximum Gasteiger partial charge on any atom is 0.417 e. The SMILES string of the molecule is C=CCOC12Oc3ccc(OC(=O)Nc4ccc(OC)cc4OC)cc3C3C(CCCCO)C(CCCCO)C=C(C(=NOC)CC1N(CCC)C(=O)C1CC1)C32. The fourth-order valence-electron chi connectivity index (χ4n) is 9.19. The van der Waals surface area contributed by atoms with Gasteiger partial charge in [-0.05, 0) is 92.7 Å². The van der Waals surface area contributed by atoms with E-state index >= 15 is 0 Å². The number of allylic oxidation sites excluding steroid dienone is 1. The molecule has 1 heterocycles. The number of carbonyl (C=O) groups excluding carboxylic acids is 2. The van der Waals surface area contributed by atoms with E-state index in [1.807, 2.05) is 17.0 Å². The van der Waals surface area contributed by atoms with Gasteiger partial charge in [-0.1, -0.05) is 37.1 Å². The van der Waals surface area contributed by atoms with Gasteiger partial charge in [-0.25, -0.2) is 4.79 Å². The molecule has 13 nitrogen and oxygen atoms in total. The Morgan fingerprint density at radius 3 is 2.44 bits per heavy atom. The van der Waals surface area contributed by atoms with Crippen molar-refractivity contribution in [3.05, 3.63) is 66.3 Å². The summed E-state index contributed by atoms with van der Waals surface area (Å²) in [5.41, 5.74) is 2.96. The number of rotatable bonds is 20. The van der Waals surface area contributed by atoms with Gasteiger partial charge in [0.2, 0.25) is 11.7 Å². The van der Waals surface area contributed by atoms with Gasteiger partial charge in [0.25, 0.3) is 0 Å². The van der Waals surface area contributed by atoms with Crippen LogP contribution in [0.4, 0.5) is 10.5 Å². The Morgan fingerprint density at radius 2 is 1.77 bits per heavy atom. The lowest BCUT2D eigenvalue weighted by Gasteiger charge is -2.60. The molecule has 1 aliphatic heterocycles. The standard InChI is InChI=1S/C44H59N3O10/c1-6-20-47(42(50)28-14-15-28)39-27-36(46-54-5)33-24-29(12-8-10-21-48)32(13-9-11-22-49)40-34-25-31(17-19-37(34)57-44(39,41(33)40)55-23-7-2)56-43(51)45-35-18-16-30(52-3)26-38(35)53-4/h7,16-19,24-26,28-29,32,39-41,48-49H,2,6,8-15,20-23,27H2,1,3-5H3,(H,45,51). The predicted octanol–water partition coefficient (Wildman–Crippen LogP) is 7.23. The number of anilines is 1. The Bertz CT molecular complexity index is 1790. The molecule has 3 N–H and O–H groups in total. The molecular weight excluding hydrogens is 730 g/mol. The first-order valence-electron chi connectivity index (χ1n) is 20.4. The molecule has 0 spiro atoms. The van der Waals surface area contributed by atoms with Crippen LogP contribution in [-0.2, 0) is 14.4 Å². The molecule has 310 valence electrons. The van der Waals surface area contributed by atoms with Crippen LogP contribution in [0.15, 0.2) is 65.9 Å². The molecule has 13 heteroatoms. The second-order valence-electron chi connectivity index (χ2n) is 15.3. The minimum absolute atomic E-state index is 0.0309. The molecule has 0 saturated heterocycles. The summed E-state index contributed by atoms with van der Waals surface area (Å²) < 4.78 is 31.0. The van der Waals surface area contributed by atoms with E-state index in [4.69, 9.17) is 28.5 Å². The number of methoxy groups -OCH3 is 2. The minimum Gasteiger partial charge on any atom is -0.497 e. The van der Waals surface area contributed by atoms with Gasteiger partial charge in [0, 0.05) is 49.6 Å².